The molecule has 13 rings (SSSR count). The first-order chi connectivity index (χ1) is 22.8. The number of para-hydroxylation sites is 3. The molecule has 3 nitrogen and oxygen atoms in total. The van der Waals surface area contributed by atoms with Crippen molar-refractivity contribution in [3.8, 4) is 16.8 Å². The minimum Gasteiger partial charge on any atom is -0.439 e. The standard InChI is InChI=1S/C40H19BN2OS2/c1-4-16-29-22(10-1)32-24-13-8-15-28-35(24)42(40(32)44-29)37-33-26(19-27-20-9-2-5-17-30(20)45-39(27)37)21-12-7-14-25-34(21)43(41(28)33)36-23-11-3-6-18-31(23)46-38(25)36/h1-19H. The lowest BCUT2D eigenvalue weighted by Gasteiger charge is -2.34. The number of aromatic nitrogens is 2. The van der Waals surface area contributed by atoms with Gasteiger partial charge in [-0.2, -0.15) is 0 Å². The zero-order valence-corrected chi connectivity index (χ0v) is 25.8. The van der Waals surface area contributed by atoms with E-state index in [1.807, 2.05) is 22.7 Å². The predicted molar refractivity (Wildman–Crippen MR) is 198 cm³/mol. The zero-order chi connectivity index (χ0) is 29.4. The number of rotatable bonds is 0. The lowest BCUT2D eigenvalue weighted by molar-refractivity contribution is 0.646. The molecule has 11 aromatic rings. The number of hydrogen-bond acceptors (Lipinski definition) is 3. The number of benzene rings is 6. The fourth-order valence-corrected chi connectivity index (χ4v) is 11.5. The molecule has 0 fully saturated rings. The Hall–Kier alpha value is -5.30. The average molecular weight is 619 g/mol. The number of hydrogen-bond donors (Lipinski definition) is 0. The van der Waals surface area contributed by atoms with Gasteiger partial charge < -0.3 is 8.90 Å². The Labute approximate surface area is 269 Å². The lowest BCUT2D eigenvalue weighted by Crippen LogP contribution is -2.55. The van der Waals surface area contributed by atoms with E-state index in [9.17, 15) is 0 Å². The third kappa shape index (κ3) is 2.39. The van der Waals surface area contributed by atoms with Crippen LogP contribution in [0.3, 0.4) is 0 Å². The largest absolute Gasteiger partial charge is 0.439 e. The molecule has 0 aliphatic carbocycles. The summed E-state index contributed by atoms with van der Waals surface area (Å²) in [6.45, 7) is 0.0361. The first-order valence-corrected chi connectivity index (χ1v) is 17.4. The van der Waals surface area contributed by atoms with Crippen LogP contribution in [0.1, 0.15) is 0 Å². The molecule has 2 aliphatic heterocycles. The summed E-state index contributed by atoms with van der Waals surface area (Å²) in [6.07, 6.45) is 0. The zero-order valence-electron chi connectivity index (χ0n) is 24.2. The van der Waals surface area contributed by atoms with E-state index in [4.69, 9.17) is 4.42 Å². The maximum absolute atomic E-state index is 6.85. The highest BCUT2D eigenvalue weighted by Crippen LogP contribution is 2.50. The topological polar surface area (TPSA) is 23.0 Å². The molecule has 0 saturated heterocycles. The van der Waals surface area contributed by atoms with E-state index in [1.165, 1.54) is 101 Å². The van der Waals surface area contributed by atoms with Gasteiger partial charge in [0.1, 0.15) is 5.58 Å². The SMILES string of the molecule is c1ccc2c(c1)oc1c2c2cccc3c2n1-c1c2c(cc4c1sc1ccccc14)-c1cccc4c5sc6ccccc6c5n(c14)B23. The maximum Gasteiger partial charge on any atom is 0.333 e. The Morgan fingerprint density at radius 1 is 0.543 bits per heavy atom. The van der Waals surface area contributed by atoms with E-state index in [2.05, 4.69) is 124 Å². The van der Waals surface area contributed by atoms with Crippen molar-refractivity contribution in [2.75, 3.05) is 0 Å². The lowest BCUT2D eigenvalue weighted by atomic mass is 9.45. The van der Waals surface area contributed by atoms with Gasteiger partial charge in [-0.1, -0.05) is 91.0 Å². The molecule has 6 heteroatoms. The van der Waals surface area contributed by atoms with Gasteiger partial charge in [-0.25, -0.2) is 0 Å². The molecular formula is C40H19BN2OS2. The summed E-state index contributed by atoms with van der Waals surface area (Å²) in [5.74, 6) is 0. The third-order valence-electron chi connectivity index (χ3n) is 10.7. The van der Waals surface area contributed by atoms with Crippen LogP contribution in [0, 0.1) is 0 Å². The van der Waals surface area contributed by atoms with Gasteiger partial charge in [0.25, 0.3) is 0 Å². The molecule has 46 heavy (non-hydrogen) atoms. The fourth-order valence-electron chi connectivity index (χ4n) is 9.03. The average Bonchev–Trinajstić information content (AvgIpc) is 3.89. The number of furan rings is 1. The number of nitrogens with zero attached hydrogens (tertiary/aromatic N) is 2. The first-order valence-electron chi connectivity index (χ1n) is 15.7. The fraction of sp³-hybridized carbons (Fsp3) is 0. The third-order valence-corrected chi connectivity index (χ3v) is 13.1. The van der Waals surface area contributed by atoms with Crippen LogP contribution in [0.15, 0.2) is 120 Å². The van der Waals surface area contributed by atoms with Crippen LogP contribution >= 0.6 is 22.7 Å². The monoisotopic (exact) mass is 618 g/mol. The molecule has 0 atom stereocenters. The van der Waals surface area contributed by atoms with Crippen LogP contribution in [0.25, 0.3) is 101 Å². The maximum atomic E-state index is 6.85. The number of thiophene rings is 2. The molecule has 210 valence electrons. The van der Waals surface area contributed by atoms with Gasteiger partial charge in [0.2, 0.25) is 5.71 Å². The number of fused-ring (bicyclic) bond motifs is 18. The van der Waals surface area contributed by atoms with Gasteiger partial charge in [-0.3, -0.25) is 4.57 Å². The van der Waals surface area contributed by atoms with Crippen molar-refractivity contribution in [1.82, 2.24) is 9.05 Å². The second-order valence-corrected chi connectivity index (χ2v) is 14.9. The van der Waals surface area contributed by atoms with Crippen molar-refractivity contribution in [3.63, 3.8) is 0 Å². The molecule has 0 saturated carbocycles. The summed E-state index contributed by atoms with van der Waals surface area (Å²) < 4.78 is 17.4. The molecule has 6 aromatic carbocycles. The van der Waals surface area contributed by atoms with Crippen LogP contribution in [0.2, 0.25) is 0 Å². The second kappa shape index (κ2) is 7.56. The highest BCUT2D eigenvalue weighted by Gasteiger charge is 2.43. The second-order valence-electron chi connectivity index (χ2n) is 12.8. The molecule has 2 aliphatic rings. The summed E-state index contributed by atoms with van der Waals surface area (Å²) in [7, 11) is 0. The minimum atomic E-state index is 0.0361. The highest BCUT2D eigenvalue weighted by atomic mass is 32.1. The molecule has 7 heterocycles. The van der Waals surface area contributed by atoms with E-state index in [0.29, 0.717) is 0 Å². The molecule has 0 unspecified atom stereocenters. The van der Waals surface area contributed by atoms with Crippen LogP contribution in [0.5, 0.6) is 0 Å². The molecule has 0 N–H and O–H groups in total. The minimum absolute atomic E-state index is 0.0361. The smallest absolute Gasteiger partial charge is 0.333 e. The van der Waals surface area contributed by atoms with Gasteiger partial charge >= 0.3 is 6.85 Å². The van der Waals surface area contributed by atoms with Gasteiger partial charge in [0.15, 0.2) is 0 Å². The Bertz CT molecular complexity index is 3220. The molecule has 0 amide bonds. The van der Waals surface area contributed by atoms with E-state index >= 15 is 0 Å². The van der Waals surface area contributed by atoms with Crippen LogP contribution in [-0.4, -0.2) is 15.9 Å². The van der Waals surface area contributed by atoms with Gasteiger partial charge in [-0.15, -0.1) is 22.7 Å². The van der Waals surface area contributed by atoms with Crippen molar-refractivity contribution in [2.45, 2.75) is 0 Å². The van der Waals surface area contributed by atoms with E-state index in [1.54, 1.807) is 0 Å². The van der Waals surface area contributed by atoms with Crippen LogP contribution in [-0.2, 0) is 0 Å². The summed E-state index contributed by atoms with van der Waals surface area (Å²) >= 11 is 3.84. The van der Waals surface area contributed by atoms with E-state index in [0.717, 1.165) is 11.3 Å². The quantitative estimate of drug-likeness (QED) is 0.155. The predicted octanol–water partition coefficient (Wildman–Crippen LogP) is 10.2. The summed E-state index contributed by atoms with van der Waals surface area (Å²) in [4.78, 5) is 0. The molecule has 0 bridgehead atoms. The van der Waals surface area contributed by atoms with E-state index in [-0.39, 0.29) is 6.85 Å². The molecule has 0 radical (unpaired) electrons. The van der Waals surface area contributed by atoms with Crippen molar-refractivity contribution in [3.05, 3.63) is 115 Å². The Morgan fingerprint density at radius 3 is 2.17 bits per heavy atom. The first kappa shape index (κ1) is 23.1. The highest BCUT2D eigenvalue weighted by molar-refractivity contribution is 7.27. The summed E-state index contributed by atoms with van der Waals surface area (Å²) in [5.41, 5.74) is 12.5. The van der Waals surface area contributed by atoms with Gasteiger partial charge in [0.05, 0.1) is 31.5 Å². The van der Waals surface area contributed by atoms with Gasteiger partial charge in [0, 0.05) is 52.8 Å². The summed E-state index contributed by atoms with van der Waals surface area (Å²) in [5, 5.41) is 8.98. The summed E-state index contributed by atoms with van der Waals surface area (Å²) in [6, 6.07) is 42.7. The van der Waals surface area contributed by atoms with Crippen LogP contribution < -0.4 is 10.9 Å². The normalized spacial score (nSPS) is 13.6. The van der Waals surface area contributed by atoms with Crippen molar-refractivity contribution in [2.24, 2.45) is 0 Å². The van der Waals surface area contributed by atoms with Crippen molar-refractivity contribution < 1.29 is 4.42 Å². The molecular weight excluding hydrogens is 599 g/mol. The Kier molecular flexibility index (Phi) is 3.80. The Balaban J connectivity index is 1.35. The molecule has 5 aromatic heterocycles. The molecule has 0 spiro atoms. The van der Waals surface area contributed by atoms with E-state index < -0.39 is 0 Å². The van der Waals surface area contributed by atoms with Crippen molar-refractivity contribution >= 4 is 125 Å². The Morgan fingerprint density at radius 2 is 1.26 bits per heavy atom. The van der Waals surface area contributed by atoms with Crippen LogP contribution in [0.4, 0.5) is 0 Å². The van der Waals surface area contributed by atoms with Crippen molar-refractivity contribution in [1.29, 1.82) is 0 Å². The van der Waals surface area contributed by atoms with Gasteiger partial charge in [-0.05, 0) is 40.8 Å².